The molecule has 102 valence electrons. The Morgan fingerprint density at radius 1 is 1.10 bits per heavy atom. The summed E-state index contributed by atoms with van der Waals surface area (Å²) in [5, 5.41) is 3.07. The molecule has 1 aliphatic rings. The molecule has 0 heterocycles. The first-order chi connectivity index (χ1) is 9.79. The van der Waals surface area contributed by atoms with Gasteiger partial charge in [-0.1, -0.05) is 42.5 Å². The lowest BCUT2D eigenvalue weighted by atomic mass is 10.1. The van der Waals surface area contributed by atoms with Gasteiger partial charge in [-0.25, -0.2) is 0 Å². The highest BCUT2D eigenvalue weighted by Gasteiger charge is 2.39. The van der Waals surface area contributed by atoms with Gasteiger partial charge in [0.1, 0.15) is 5.75 Å². The molecular formula is C17H17NO2. The van der Waals surface area contributed by atoms with Gasteiger partial charge in [0.15, 0.2) is 0 Å². The number of benzene rings is 2. The fourth-order valence-electron chi connectivity index (χ4n) is 2.50. The lowest BCUT2D eigenvalue weighted by Gasteiger charge is -2.09. The summed E-state index contributed by atoms with van der Waals surface area (Å²) in [6, 6.07) is 17.8. The van der Waals surface area contributed by atoms with Gasteiger partial charge in [0.25, 0.3) is 5.91 Å². The maximum Gasteiger partial charge on any atom is 0.255 e. The van der Waals surface area contributed by atoms with Crippen molar-refractivity contribution in [2.45, 2.75) is 18.4 Å². The van der Waals surface area contributed by atoms with E-state index in [0.717, 1.165) is 6.42 Å². The summed E-state index contributed by atoms with van der Waals surface area (Å²) in [4.78, 5) is 12.3. The van der Waals surface area contributed by atoms with Gasteiger partial charge in [0.2, 0.25) is 0 Å². The van der Waals surface area contributed by atoms with Crippen molar-refractivity contribution in [3.05, 3.63) is 65.7 Å². The molecule has 1 amide bonds. The Balaban J connectivity index is 1.67. The van der Waals surface area contributed by atoms with E-state index in [1.807, 2.05) is 30.3 Å². The zero-order valence-electron chi connectivity index (χ0n) is 11.4. The molecule has 0 aromatic heterocycles. The van der Waals surface area contributed by atoms with Crippen molar-refractivity contribution in [3.63, 3.8) is 0 Å². The predicted octanol–water partition coefficient (Wildman–Crippen LogP) is 2.98. The highest BCUT2D eigenvalue weighted by molar-refractivity contribution is 5.97. The van der Waals surface area contributed by atoms with E-state index in [0.29, 0.717) is 17.2 Å². The standard InChI is InChI=1S/C17H17NO2/c1-20-16-10-6-5-9-13(16)17(19)18-15-11-14(15)12-7-3-2-4-8-12/h2-10,14-15H,11H2,1H3,(H,18,19)/t14-,15+/m0/s1. The number of carbonyl (C=O) groups is 1. The molecule has 2 aromatic carbocycles. The first-order valence-corrected chi connectivity index (χ1v) is 6.78. The highest BCUT2D eigenvalue weighted by atomic mass is 16.5. The summed E-state index contributed by atoms with van der Waals surface area (Å²) in [5.41, 5.74) is 1.88. The van der Waals surface area contributed by atoms with Crippen molar-refractivity contribution >= 4 is 5.91 Å². The molecule has 0 radical (unpaired) electrons. The van der Waals surface area contributed by atoms with Gasteiger partial charge in [0.05, 0.1) is 12.7 Å². The van der Waals surface area contributed by atoms with E-state index in [4.69, 9.17) is 4.74 Å². The van der Waals surface area contributed by atoms with Crippen LogP contribution in [0.3, 0.4) is 0 Å². The van der Waals surface area contributed by atoms with Crippen LogP contribution in [0.25, 0.3) is 0 Å². The van der Waals surface area contributed by atoms with Crippen molar-refractivity contribution in [1.29, 1.82) is 0 Å². The number of ether oxygens (including phenoxy) is 1. The maximum atomic E-state index is 12.3. The third-order valence-corrected chi connectivity index (χ3v) is 3.69. The van der Waals surface area contributed by atoms with E-state index in [-0.39, 0.29) is 11.9 Å². The van der Waals surface area contributed by atoms with Gasteiger partial charge < -0.3 is 10.1 Å². The smallest absolute Gasteiger partial charge is 0.255 e. The van der Waals surface area contributed by atoms with Gasteiger partial charge in [-0.05, 0) is 24.1 Å². The maximum absolute atomic E-state index is 12.3. The summed E-state index contributed by atoms with van der Waals surface area (Å²) in [6.07, 6.45) is 1.00. The van der Waals surface area contributed by atoms with Crippen LogP contribution < -0.4 is 10.1 Å². The first kappa shape index (κ1) is 12.7. The van der Waals surface area contributed by atoms with Crippen LogP contribution in [-0.4, -0.2) is 19.1 Å². The van der Waals surface area contributed by atoms with Gasteiger partial charge in [-0.3, -0.25) is 4.79 Å². The van der Waals surface area contributed by atoms with E-state index in [1.165, 1.54) is 5.56 Å². The molecule has 1 N–H and O–H groups in total. The quantitative estimate of drug-likeness (QED) is 0.924. The molecule has 1 aliphatic carbocycles. The average Bonchev–Trinajstić information content (AvgIpc) is 3.27. The Labute approximate surface area is 118 Å². The minimum Gasteiger partial charge on any atom is -0.496 e. The second-order valence-electron chi connectivity index (χ2n) is 5.03. The van der Waals surface area contributed by atoms with Crippen LogP contribution in [0.2, 0.25) is 0 Å². The number of hydrogen-bond donors (Lipinski definition) is 1. The molecule has 1 fully saturated rings. The molecule has 3 nitrogen and oxygen atoms in total. The average molecular weight is 267 g/mol. The van der Waals surface area contributed by atoms with E-state index < -0.39 is 0 Å². The van der Waals surface area contributed by atoms with Crippen LogP contribution in [0.4, 0.5) is 0 Å². The van der Waals surface area contributed by atoms with Crippen LogP contribution in [-0.2, 0) is 0 Å². The van der Waals surface area contributed by atoms with Crippen LogP contribution in [0, 0.1) is 0 Å². The molecule has 20 heavy (non-hydrogen) atoms. The Bertz CT molecular complexity index is 609. The van der Waals surface area contributed by atoms with Crippen LogP contribution in [0.5, 0.6) is 5.75 Å². The summed E-state index contributed by atoms with van der Waals surface area (Å²) in [7, 11) is 1.58. The normalized spacial score (nSPS) is 20.2. The van der Waals surface area contributed by atoms with Gasteiger partial charge in [-0.15, -0.1) is 0 Å². The van der Waals surface area contributed by atoms with Gasteiger partial charge in [0, 0.05) is 12.0 Å². The van der Waals surface area contributed by atoms with Gasteiger partial charge >= 0.3 is 0 Å². The lowest BCUT2D eigenvalue weighted by Crippen LogP contribution is -2.26. The minimum absolute atomic E-state index is 0.0640. The van der Waals surface area contributed by atoms with E-state index in [2.05, 4.69) is 17.4 Å². The van der Waals surface area contributed by atoms with Crippen molar-refractivity contribution < 1.29 is 9.53 Å². The summed E-state index contributed by atoms with van der Waals surface area (Å²) < 4.78 is 5.22. The lowest BCUT2D eigenvalue weighted by molar-refractivity contribution is 0.0947. The van der Waals surface area contributed by atoms with E-state index in [1.54, 1.807) is 19.2 Å². The Kier molecular flexibility index (Phi) is 3.42. The molecule has 1 saturated carbocycles. The third-order valence-electron chi connectivity index (χ3n) is 3.69. The van der Waals surface area contributed by atoms with E-state index in [9.17, 15) is 4.79 Å². The highest BCUT2D eigenvalue weighted by Crippen LogP contribution is 2.40. The largest absolute Gasteiger partial charge is 0.496 e. The minimum atomic E-state index is -0.0640. The molecule has 3 heteroatoms. The Hall–Kier alpha value is -2.29. The van der Waals surface area contributed by atoms with Crippen molar-refractivity contribution in [3.8, 4) is 5.75 Å². The van der Waals surface area contributed by atoms with Crippen LogP contribution in [0.1, 0.15) is 28.3 Å². The van der Waals surface area contributed by atoms with Crippen molar-refractivity contribution in [1.82, 2.24) is 5.32 Å². The molecule has 0 unspecified atom stereocenters. The Morgan fingerprint density at radius 2 is 1.80 bits per heavy atom. The number of para-hydroxylation sites is 1. The number of amides is 1. The number of rotatable bonds is 4. The topological polar surface area (TPSA) is 38.3 Å². The van der Waals surface area contributed by atoms with Crippen molar-refractivity contribution in [2.75, 3.05) is 7.11 Å². The molecule has 0 aliphatic heterocycles. The molecule has 2 atom stereocenters. The molecule has 0 saturated heterocycles. The number of hydrogen-bond acceptors (Lipinski definition) is 2. The molecule has 2 aromatic rings. The second kappa shape index (κ2) is 5.37. The SMILES string of the molecule is COc1ccccc1C(=O)N[C@@H]1C[C@H]1c1ccccc1. The van der Waals surface area contributed by atoms with E-state index >= 15 is 0 Å². The number of methoxy groups -OCH3 is 1. The zero-order chi connectivity index (χ0) is 13.9. The fraction of sp³-hybridized carbons (Fsp3) is 0.235. The monoisotopic (exact) mass is 267 g/mol. The molecule has 0 spiro atoms. The molecule has 0 bridgehead atoms. The molecular weight excluding hydrogens is 250 g/mol. The predicted molar refractivity (Wildman–Crippen MR) is 78.0 cm³/mol. The summed E-state index contributed by atoms with van der Waals surface area (Å²) in [5.74, 6) is 0.989. The summed E-state index contributed by atoms with van der Waals surface area (Å²) >= 11 is 0. The van der Waals surface area contributed by atoms with Gasteiger partial charge in [-0.2, -0.15) is 0 Å². The fourth-order valence-corrected chi connectivity index (χ4v) is 2.50. The summed E-state index contributed by atoms with van der Waals surface area (Å²) in [6.45, 7) is 0. The van der Waals surface area contributed by atoms with Crippen molar-refractivity contribution in [2.24, 2.45) is 0 Å². The van der Waals surface area contributed by atoms with Crippen LogP contribution in [0.15, 0.2) is 54.6 Å². The molecule has 3 rings (SSSR count). The number of nitrogens with one attached hydrogen (secondary N) is 1. The third kappa shape index (κ3) is 2.52. The number of carbonyl (C=O) groups excluding carboxylic acids is 1. The zero-order valence-corrected chi connectivity index (χ0v) is 11.4. The second-order valence-corrected chi connectivity index (χ2v) is 5.03. The Morgan fingerprint density at radius 3 is 2.55 bits per heavy atom. The first-order valence-electron chi connectivity index (χ1n) is 6.78. The van der Waals surface area contributed by atoms with Crippen LogP contribution >= 0.6 is 0 Å².